The molecule has 2 fully saturated rings. The van der Waals surface area contributed by atoms with Gasteiger partial charge in [-0.2, -0.15) is 0 Å². The van der Waals surface area contributed by atoms with Gasteiger partial charge < -0.3 is 29.6 Å². The highest BCUT2D eigenvalue weighted by Gasteiger charge is 2.64. The Morgan fingerprint density at radius 3 is 2.50 bits per heavy atom. The number of Topliss-reactive ketones (excluding diaryl/α,β-unsaturated/α-hetero) is 1. The second-order valence-electron chi connectivity index (χ2n) is 14.2. The lowest BCUT2D eigenvalue weighted by Crippen LogP contribution is -2.59. The highest BCUT2D eigenvalue weighted by molar-refractivity contribution is 6.14. The topological polar surface area (TPSA) is 172 Å². The fourth-order valence-corrected chi connectivity index (χ4v) is 9.63. The van der Waals surface area contributed by atoms with Crippen molar-refractivity contribution in [1.29, 1.82) is 0 Å². The summed E-state index contributed by atoms with van der Waals surface area (Å²) in [6.07, 6.45) is 4.54. The predicted octanol–water partition coefficient (Wildman–Crippen LogP) is 4.93. The van der Waals surface area contributed by atoms with Crippen molar-refractivity contribution < 1.29 is 44.0 Å². The van der Waals surface area contributed by atoms with Gasteiger partial charge in [-0.05, 0) is 68.8 Å². The summed E-state index contributed by atoms with van der Waals surface area (Å²) in [7, 11) is 1.31. The van der Waals surface area contributed by atoms with Crippen LogP contribution >= 0.6 is 0 Å². The van der Waals surface area contributed by atoms with Gasteiger partial charge in [-0.1, -0.05) is 31.6 Å². The van der Waals surface area contributed by atoms with Gasteiger partial charge in [0.1, 0.15) is 33.6 Å². The molecule has 46 heavy (non-hydrogen) atoms. The van der Waals surface area contributed by atoms with Crippen LogP contribution in [0.1, 0.15) is 65.1 Å². The molecule has 8 atom stereocenters. The third-order valence-corrected chi connectivity index (χ3v) is 12.0. The van der Waals surface area contributed by atoms with Crippen LogP contribution in [-0.2, 0) is 24.5 Å². The number of aliphatic hydroxyl groups is 1. The Bertz CT molecular complexity index is 1810. The highest BCUT2D eigenvalue weighted by atomic mass is 16.5. The van der Waals surface area contributed by atoms with E-state index in [2.05, 4.69) is 6.58 Å². The number of carboxylic acid groups (broad SMARTS) is 1. The van der Waals surface area contributed by atoms with Crippen LogP contribution in [0.15, 0.2) is 63.0 Å². The van der Waals surface area contributed by atoms with Gasteiger partial charge in [0, 0.05) is 36.1 Å². The molecule has 2 saturated carbocycles. The standard InChI is InChI=1S/C36H40O10/c1-17-7-8-20-32(42)27(45-5)16-29(41)36(20,30-15-25(40)31-24(39)11-19(37)12-26(31)46-30)21(17)13-22-18(2)23(38)14-28-34(22,3)9-6-10-35(28,4)33(43)44/h7,11-12,15-16,20-23,28,37-39H,2,6,8-10,13-14H2,1,3-5H3,(H,43,44)/t20?,21?,22-,23-,28+,34+,35+,36?/m1/s1. The molecule has 2 aromatic rings. The number of carbonyl (C=O) groups is 3. The monoisotopic (exact) mass is 632 g/mol. The van der Waals surface area contributed by atoms with E-state index in [4.69, 9.17) is 9.15 Å². The van der Waals surface area contributed by atoms with E-state index in [0.29, 0.717) is 24.8 Å². The Hall–Kier alpha value is -4.18. The molecule has 0 radical (unpaired) electrons. The fourth-order valence-electron chi connectivity index (χ4n) is 9.63. The van der Waals surface area contributed by atoms with Crippen molar-refractivity contribution in [1.82, 2.24) is 0 Å². The maximum Gasteiger partial charge on any atom is 0.309 e. The number of rotatable bonds is 5. The predicted molar refractivity (Wildman–Crippen MR) is 167 cm³/mol. The molecule has 0 aliphatic heterocycles. The molecule has 1 aromatic heterocycles. The quantitative estimate of drug-likeness (QED) is 0.331. The number of hydrogen-bond acceptors (Lipinski definition) is 9. The van der Waals surface area contributed by atoms with Gasteiger partial charge in [0.2, 0.25) is 5.78 Å². The van der Waals surface area contributed by atoms with E-state index in [1.807, 2.05) is 19.9 Å². The number of methoxy groups -OCH3 is 1. The van der Waals surface area contributed by atoms with Gasteiger partial charge in [0.15, 0.2) is 17.0 Å². The maximum atomic E-state index is 14.6. The second kappa shape index (κ2) is 10.7. The van der Waals surface area contributed by atoms with E-state index in [0.717, 1.165) is 23.8 Å². The Balaban J connectivity index is 1.59. The van der Waals surface area contributed by atoms with E-state index in [1.54, 1.807) is 6.92 Å². The number of fused-ring (bicyclic) bond motifs is 3. The van der Waals surface area contributed by atoms with E-state index >= 15 is 0 Å². The molecule has 0 amide bonds. The number of aromatic hydroxyl groups is 2. The van der Waals surface area contributed by atoms with Crippen LogP contribution in [0.3, 0.4) is 0 Å². The number of phenols is 2. The van der Waals surface area contributed by atoms with Gasteiger partial charge in [0.05, 0.1) is 18.6 Å². The number of aliphatic carboxylic acids is 1. The molecule has 0 bridgehead atoms. The van der Waals surface area contributed by atoms with Crippen LogP contribution in [0.5, 0.6) is 11.5 Å². The summed E-state index contributed by atoms with van der Waals surface area (Å²) >= 11 is 0. The molecule has 4 aliphatic carbocycles. The zero-order valence-corrected chi connectivity index (χ0v) is 26.5. The first-order chi connectivity index (χ1) is 21.6. The summed E-state index contributed by atoms with van der Waals surface area (Å²) in [4.78, 5) is 54.8. The Labute approximate surface area is 266 Å². The summed E-state index contributed by atoms with van der Waals surface area (Å²) in [6.45, 7) is 9.95. The Morgan fingerprint density at radius 1 is 1.11 bits per heavy atom. The molecular weight excluding hydrogens is 592 g/mol. The third kappa shape index (κ3) is 4.25. The van der Waals surface area contributed by atoms with E-state index in [9.17, 15) is 39.6 Å². The number of ketones is 2. The second-order valence-corrected chi connectivity index (χ2v) is 14.2. The first-order valence-corrected chi connectivity index (χ1v) is 15.7. The summed E-state index contributed by atoms with van der Waals surface area (Å²) in [5.41, 5.74) is -2.86. The van der Waals surface area contributed by atoms with Crippen LogP contribution in [-0.4, -0.2) is 51.2 Å². The minimum atomic E-state index is -1.72. The molecular formula is C36H40O10. The number of benzene rings is 1. The number of allylic oxidation sites excluding steroid dienone is 4. The highest BCUT2D eigenvalue weighted by Crippen LogP contribution is 2.64. The average molecular weight is 633 g/mol. The molecule has 4 N–H and O–H groups in total. The number of aliphatic hydroxyl groups excluding tert-OH is 1. The van der Waals surface area contributed by atoms with Crippen LogP contribution < -0.4 is 5.43 Å². The third-order valence-electron chi connectivity index (χ3n) is 12.0. The summed E-state index contributed by atoms with van der Waals surface area (Å²) < 4.78 is 11.6. The van der Waals surface area contributed by atoms with Gasteiger partial charge in [-0.15, -0.1) is 0 Å². The first kappa shape index (κ1) is 31.8. The minimum absolute atomic E-state index is 0.0788. The lowest BCUT2D eigenvalue weighted by molar-refractivity contribution is -0.168. The van der Waals surface area contributed by atoms with E-state index in [-0.39, 0.29) is 53.4 Å². The van der Waals surface area contributed by atoms with Gasteiger partial charge >= 0.3 is 5.97 Å². The largest absolute Gasteiger partial charge is 0.508 e. The fraction of sp³-hybridized carbons (Fsp3) is 0.500. The SMILES string of the molecule is C=C1[C@H](O)C[C@H]2[C@@](C)(CCC[C@]2(C)C(=O)O)[C@@H]1CC1C(C)=CCC2C(=O)C(OC)=CC(=O)C21c1cc(=O)c2c(O)cc(O)cc2o1. The average Bonchev–Trinajstić information content (AvgIpc) is 2.98. The molecule has 1 heterocycles. The van der Waals surface area contributed by atoms with E-state index in [1.165, 1.54) is 13.2 Å². The molecule has 4 aliphatic rings. The number of carboxylic acids is 1. The first-order valence-electron chi connectivity index (χ1n) is 15.7. The molecule has 3 unspecified atom stereocenters. The van der Waals surface area contributed by atoms with Crippen molar-refractivity contribution in [3.8, 4) is 11.5 Å². The Morgan fingerprint density at radius 2 is 1.83 bits per heavy atom. The normalized spacial score (nSPS) is 36.0. The lowest BCUT2D eigenvalue weighted by Gasteiger charge is -2.59. The lowest BCUT2D eigenvalue weighted by atomic mass is 9.44. The molecule has 1 aromatic carbocycles. The van der Waals surface area contributed by atoms with Crippen molar-refractivity contribution in [2.75, 3.05) is 7.11 Å². The molecule has 0 spiro atoms. The van der Waals surface area contributed by atoms with Crippen molar-refractivity contribution in [3.63, 3.8) is 0 Å². The van der Waals surface area contributed by atoms with Crippen molar-refractivity contribution in [3.05, 3.63) is 69.8 Å². The Kier molecular flexibility index (Phi) is 7.39. The van der Waals surface area contributed by atoms with E-state index < -0.39 is 68.8 Å². The summed E-state index contributed by atoms with van der Waals surface area (Å²) in [5.74, 6) is -5.44. The summed E-state index contributed by atoms with van der Waals surface area (Å²) in [5, 5.41) is 42.2. The van der Waals surface area contributed by atoms with Gasteiger partial charge in [-0.25, -0.2) is 0 Å². The summed E-state index contributed by atoms with van der Waals surface area (Å²) in [6, 6.07) is 3.34. The molecule has 244 valence electrons. The minimum Gasteiger partial charge on any atom is -0.508 e. The number of phenolic OH excluding ortho intramolecular Hbond substituents is 2. The van der Waals surface area contributed by atoms with Crippen LogP contribution in [0.25, 0.3) is 11.0 Å². The smallest absolute Gasteiger partial charge is 0.309 e. The molecule has 0 saturated heterocycles. The van der Waals surface area contributed by atoms with Crippen LogP contribution in [0.2, 0.25) is 0 Å². The zero-order valence-electron chi connectivity index (χ0n) is 26.5. The van der Waals surface area contributed by atoms with Crippen molar-refractivity contribution in [2.45, 2.75) is 70.8 Å². The molecule has 10 heteroatoms. The number of ether oxygens (including phenoxy) is 1. The number of hydrogen-bond donors (Lipinski definition) is 4. The van der Waals surface area contributed by atoms with Gasteiger partial charge in [0.25, 0.3) is 0 Å². The van der Waals surface area contributed by atoms with Crippen LogP contribution in [0.4, 0.5) is 0 Å². The number of carbonyl (C=O) groups excluding carboxylic acids is 2. The van der Waals surface area contributed by atoms with Crippen molar-refractivity contribution >= 4 is 28.5 Å². The van der Waals surface area contributed by atoms with Gasteiger partial charge in [-0.3, -0.25) is 19.2 Å². The van der Waals surface area contributed by atoms with Crippen molar-refractivity contribution in [2.24, 2.45) is 34.5 Å². The molecule has 10 nitrogen and oxygen atoms in total. The zero-order chi connectivity index (χ0) is 33.5. The molecule has 6 rings (SSSR count). The maximum absolute atomic E-state index is 14.6. The van der Waals surface area contributed by atoms with Crippen LogP contribution in [0, 0.1) is 34.5 Å².